The van der Waals surface area contributed by atoms with Gasteiger partial charge in [-0.2, -0.15) is 5.10 Å². The third kappa shape index (κ3) is 5.67. The molecule has 0 radical (unpaired) electrons. The quantitative estimate of drug-likeness (QED) is 0.313. The Kier molecular flexibility index (Phi) is 7.88. The van der Waals surface area contributed by atoms with E-state index in [0.29, 0.717) is 18.2 Å². The molecule has 3 amide bonds. The molecular weight excluding hydrogens is 483 g/mol. The molecule has 2 aromatic carbocycles. The lowest BCUT2D eigenvalue weighted by molar-refractivity contribution is -0.137. The van der Waals surface area contributed by atoms with Crippen molar-refractivity contribution in [2.24, 2.45) is 5.73 Å². The molecule has 0 bridgehead atoms. The summed E-state index contributed by atoms with van der Waals surface area (Å²) in [7, 11) is 3.61. The molecular formula is C22H25B3ClFN6O3. The zero-order valence-electron chi connectivity index (χ0n) is 19.9. The van der Waals surface area contributed by atoms with Crippen LogP contribution in [-0.4, -0.2) is 67.1 Å². The molecule has 0 spiro atoms. The normalized spacial score (nSPS) is 12.7. The van der Waals surface area contributed by atoms with Crippen LogP contribution >= 0.6 is 11.6 Å². The Balaban J connectivity index is 1.51. The molecule has 1 aliphatic rings. The van der Waals surface area contributed by atoms with E-state index in [9.17, 15) is 18.8 Å². The fourth-order valence-electron chi connectivity index (χ4n) is 4.05. The highest BCUT2D eigenvalue weighted by molar-refractivity contribution is 7.24. The molecule has 14 heteroatoms. The van der Waals surface area contributed by atoms with Gasteiger partial charge in [0, 0.05) is 29.2 Å². The number of halogens is 2. The summed E-state index contributed by atoms with van der Waals surface area (Å²) in [5.41, 5.74) is 7.22. The number of hydrogen-bond acceptors (Lipinski definition) is 5. The molecule has 9 nitrogen and oxygen atoms in total. The van der Waals surface area contributed by atoms with Gasteiger partial charge in [-0.15, -0.1) is 0 Å². The van der Waals surface area contributed by atoms with Crippen LogP contribution in [0.1, 0.15) is 28.9 Å². The van der Waals surface area contributed by atoms with Crippen molar-refractivity contribution < 1.29 is 18.8 Å². The lowest BCUT2D eigenvalue weighted by atomic mass is 9.33. The monoisotopic (exact) mass is 508 g/mol. The Morgan fingerprint density at radius 1 is 1.25 bits per heavy atom. The summed E-state index contributed by atoms with van der Waals surface area (Å²) >= 11 is 5.80. The molecule has 1 heterocycles. The maximum Gasteiger partial charge on any atom is 0.269 e. The van der Waals surface area contributed by atoms with E-state index in [1.807, 2.05) is 13.8 Å². The van der Waals surface area contributed by atoms with Gasteiger partial charge >= 0.3 is 0 Å². The maximum atomic E-state index is 14.1. The van der Waals surface area contributed by atoms with E-state index < -0.39 is 17.6 Å². The minimum absolute atomic E-state index is 0.0221. The standard InChI is InChI=1S/C22H25B3ClFN6O3/c23-24-25-30-16-6-2-4-14-20(22(28)36)31-33(21(14)16)11-18(35)32(13-7-8-13)10-17(34)29-9-12-3-1-5-15(26)19(12)27/h1-6,13,24-25,30H,7-11,23H2,(H2,28,36)(H,29,34). The molecule has 0 unspecified atom stereocenters. The van der Waals surface area contributed by atoms with Crippen molar-refractivity contribution in [3.8, 4) is 0 Å². The lowest BCUT2D eigenvalue weighted by Crippen LogP contribution is -2.43. The predicted octanol–water partition coefficient (Wildman–Crippen LogP) is -0.102. The summed E-state index contributed by atoms with van der Waals surface area (Å²) in [4.78, 5) is 39.5. The van der Waals surface area contributed by atoms with Gasteiger partial charge in [-0.25, -0.2) is 4.39 Å². The smallest absolute Gasteiger partial charge is 0.269 e. The molecule has 0 atom stereocenters. The summed E-state index contributed by atoms with van der Waals surface area (Å²) in [6, 6.07) is 9.90. The van der Waals surface area contributed by atoms with Gasteiger partial charge in [0.05, 0.1) is 31.9 Å². The summed E-state index contributed by atoms with van der Waals surface area (Å²) in [5, 5.41) is 10.8. The number of benzene rings is 2. The number of nitrogens with one attached hydrogen (secondary N) is 2. The zero-order valence-corrected chi connectivity index (χ0v) is 20.6. The second-order valence-corrected chi connectivity index (χ2v) is 9.15. The first-order valence-corrected chi connectivity index (χ1v) is 12.2. The summed E-state index contributed by atoms with van der Waals surface area (Å²) in [5.74, 6) is -2.00. The van der Waals surface area contributed by atoms with Crippen LogP contribution in [0.5, 0.6) is 0 Å². The molecule has 1 aromatic heterocycles. The Hall–Kier alpha value is -3.47. The van der Waals surface area contributed by atoms with Crippen LogP contribution in [0.2, 0.25) is 5.02 Å². The average molecular weight is 508 g/mol. The fourth-order valence-corrected chi connectivity index (χ4v) is 4.25. The van der Waals surface area contributed by atoms with Crippen molar-refractivity contribution in [3.63, 3.8) is 0 Å². The van der Waals surface area contributed by atoms with Gasteiger partial charge in [-0.1, -0.05) is 35.9 Å². The van der Waals surface area contributed by atoms with Crippen molar-refractivity contribution in [1.82, 2.24) is 20.0 Å². The molecule has 4 rings (SSSR count). The molecule has 1 saturated carbocycles. The predicted molar refractivity (Wildman–Crippen MR) is 143 cm³/mol. The van der Waals surface area contributed by atoms with E-state index in [0.717, 1.165) is 25.6 Å². The molecule has 1 aliphatic carbocycles. The zero-order chi connectivity index (χ0) is 25.8. The highest BCUT2D eigenvalue weighted by atomic mass is 35.5. The number of primary amides is 1. The Morgan fingerprint density at radius 3 is 2.69 bits per heavy atom. The summed E-state index contributed by atoms with van der Waals surface area (Å²) < 4.78 is 15.6. The van der Waals surface area contributed by atoms with Crippen LogP contribution in [0, 0.1) is 5.82 Å². The second-order valence-electron chi connectivity index (χ2n) is 8.74. The van der Waals surface area contributed by atoms with Crippen molar-refractivity contribution >= 4 is 68.0 Å². The van der Waals surface area contributed by atoms with Crippen LogP contribution in [0.25, 0.3) is 10.9 Å². The highest BCUT2D eigenvalue weighted by Crippen LogP contribution is 2.29. The Labute approximate surface area is 214 Å². The van der Waals surface area contributed by atoms with Gasteiger partial charge in [-0.05, 0) is 25.0 Å². The van der Waals surface area contributed by atoms with Gasteiger partial charge in [0.1, 0.15) is 12.4 Å². The van der Waals surface area contributed by atoms with Crippen LogP contribution in [-0.2, 0) is 22.7 Å². The van der Waals surface area contributed by atoms with E-state index in [4.69, 9.17) is 17.3 Å². The number of rotatable bonds is 11. The van der Waals surface area contributed by atoms with E-state index in [1.165, 1.54) is 21.7 Å². The minimum atomic E-state index is -0.689. The van der Waals surface area contributed by atoms with Crippen LogP contribution in [0.3, 0.4) is 0 Å². The van der Waals surface area contributed by atoms with Crippen molar-refractivity contribution in [2.45, 2.75) is 32.0 Å². The second kappa shape index (κ2) is 11.1. The van der Waals surface area contributed by atoms with Gasteiger partial charge in [-0.3, -0.25) is 19.1 Å². The molecule has 3 aromatic rings. The molecule has 4 N–H and O–H groups in total. The third-order valence-corrected chi connectivity index (χ3v) is 6.28. The summed E-state index contributed by atoms with van der Waals surface area (Å²) in [6.07, 6.45) is 1.58. The Bertz CT molecular complexity index is 1320. The molecule has 1 fully saturated rings. The van der Waals surface area contributed by atoms with Gasteiger partial charge < -0.3 is 21.2 Å². The van der Waals surface area contributed by atoms with Crippen molar-refractivity contribution in [1.29, 1.82) is 0 Å². The number of carbonyl (C=O) groups is 3. The lowest BCUT2D eigenvalue weighted by Gasteiger charge is -2.22. The number of aromatic nitrogens is 2. The van der Waals surface area contributed by atoms with Gasteiger partial charge in [0.2, 0.25) is 11.8 Å². The SMILES string of the molecule is BBBNc1cccc2c(C(N)=O)nn(CC(=O)N(CC(=O)NCc3cccc(Cl)c3F)C3CC3)c12. The van der Waals surface area contributed by atoms with Crippen LogP contribution in [0.4, 0.5) is 10.1 Å². The number of carbonyl (C=O) groups excluding carboxylic acids is 3. The van der Waals surface area contributed by atoms with Crippen LogP contribution in [0.15, 0.2) is 36.4 Å². The van der Waals surface area contributed by atoms with E-state index in [2.05, 4.69) is 15.6 Å². The molecule has 0 saturated heterocycles. The minimum Gasteiger partial charge on any atom is -0.437 e. The van der Waals surface area contributed by atoms with E-state index >= 15 is 0 Å². The van der Waals surface area contributed by atoms with E-state index in [1.54, 1.807) is 18.2 Å². The number of nitrogens with two attached hydrogens (primary N) is 1. The number of anilines is 1. The topological polar surface area (TPSA) is 122 Å². The summed E-state index contributed by atoms with van der Waals surface area (Å²) in [6.45, 7) is -0.383. The first kappa shape index (κ1) is 25.6. The van der Waals surface area contributed by atoms with Crippen molar-refractivity contribution in [2.75, 3.05) is 11.8 Å². The number of fused-ring (bicyclic) bond motifs is 1. The van der Waals surface area contributed by atoms with Gasteiger partial charge in [0.25, 0.3) is 5.91 Å². The molecule has 184 valence electrons. The maximum absolute atomic E-state index is 14.1. The average Bonchev–Trinajstić information content (AvgIpc) is 3.63. The molecule has 0 aliphatic heterocycles. The number of para-hydroxylation sites is 1. The van der Waals surface area contributed by atoms with Crippen molar-refractivity contribution in [3.05, 3.63) is 58.5 Å². The first-order valence-electron chi connectivity index (χ1n) is 11.8. The first-order chi connectivity index (χ1) is 17.3. The molecule has 36 heavy (non-hydrogen) atoms. The number of amides is 3. The van der Waals surface area contributed by atoms with Gasteiger partial charge in [0.15, 0.2) is 13.0 Å². The van der Waals surface area contributed by atoms with Crippen LogP contribution < -0.4 is 16.3 Å². The highest BCUT2D eigenvalue weighted by Gasteiger charge is 2.34. The largest absolute Gasteiger partial charge is 0.437 e. The number of nitrogens with zero attached hydrogens (tertiary/aromatic N) is 3. The number of hydrogen-bond donors (Lipinski definition) is 3. The Morgan fingerprint density at radius 2 is 2.00 bits per heavy atom. The fraction of sp³-hybridized carbons (Fsp3) is 0.273. The van der Waals surface area contributed by atoms with E-state index in [-0.39, 0.29) is 47.9 Å². The third-order valence-electron chi connectivity index (χ3n) is 5.98.